The molecule has 0 radical (unpaired) electrons. The van der Waals surface area contributed by atoms with Crippen LogP contribution in [0.4, 0.5) is 0 Å². The van der Waals surface area contributed by atoms with Gasteiger partial charge in [0.25, 0.3) is 5.56 Å². The summed E-state index contributed by atoms with van der Waals surface area (Å²) in [6.07, 6.45) is 5.51. The number of benzene rings is 1. The molecule has 4 aromatic rings. The van der Waals surface area contributed by atoms with E-state index in [9.17, 15) is 9.59 Å². The maximum atomic E-state index is 12.8. The Balaban J connectivity index is 1.54. The molecule has 0 N–H and O–H groups in total. The molecule has 0 unspecified atom stereocenters. The second kappa shape index (κ2) is 8.81. The number of carbonyl (C=O) groups excluding carboxylic acids is 1. The van der Waals surface area contributed by atoms with E-state index in [0.717, 1.165) is 24.1 Å². The van der Waals surface area contributed by atoms with Gasteiger partial charge >= 0.3 is 5.97 Å². The summed E-state index contributed by atoms with van der Waals surface area (Å²) in [6.45, 7) is 6.31. The zero-order chi connectivity index (χ0) is 22.0. The van der Waals surface area contributed by atoms with Gasteiger partial charge in [-0.15, -0.1) is 11.3 Å². The Hall–Kier alpha value is -3.32. The maximum absolute atomic E-state index is 12.8. The molecule has 0 atom stereocenters. The van der Waals surface area contributed by atoms with E-state index in [1.807, 2.05) is 31.3 Å². The third kappa shape index (κ3) is 4.14. The number of hydrogen-bond acceptors (Lipinski definition) is 6. The lowest BCUT2D eigenvalue weighted by atomic mass is 10.1. The summed E-state index contributed by atoms with van der Waals surface area (Å²) in [7, 11) is 0. The van der Waals surface area contributed by atoms with Crippen LogP contribution in [-0.4, -0.2) is 20.5 Å². The summed E-state index contributed by atoms with van der Waals surface area (Å²) >= 11 is 1.18. The molecule has 3 aromatic heterocycles. The largest absolute Gasteiger partial charge is 0.422 e. The highest BCUT2D eigenvalue weighted by atomic mass is 32.1. The molecule has 0 bridgehead atoms. The van der Waals surface area contributed by atoms with Crippen LogP contribution in [0.5, 0.6) is 5.75 Å². The minimum atomic E-state index is -0.488. The third-order valence-electron chi connectivity index (χ3n) is 5.17. The van der Waals surface area contributed by atoms with Crippen LogP contribution in [0, 0.1) is 6.92 Å². The number of thiophene rings is 1. The van der Waals surface area contributed by atoms with Gasteiger partial charge in [-0.3, -0.25) is 14.3 Å². The van der Waals surface area contributed by atoms with E-state index in [1.165, 1.54) is 27.8 Å². The minimum absolute atomic E-state index is 0.137. The van der Waals surface area contributed by atoms with Crippen molar-refractivity contribution in [3.8, 4) is 17.0 Å². The van der Waals surface area contributed by atoms with E-state index in [2.05, 4.69) is 23.0 Å². The van der Waals surface area contributed by atoms with Gasteiger partial charge in [-0.05, 0) is 61.7 Å². The third-order valence-corrected chi connectivity index (χ3v) is 6.35. The Bertz CT molecular complexity index is 1290. The molecule has 158 valence electrons. The van der Waals surface area contributed by atoms with Gasteiger partial charge in [-0.25, -0.2) is 9.78 Å². The Kier molecular flexibility index (Phi) is 5.95. The molecule has 0 saturated carbocycles. The zero-order valence-electron chi connectivity index (χ0n) is 17.7. The predicted molar refractivity (Wildman–Crippen MR) is 123 cm³/mol. The lowest BCUT2D eigenvalue weighted by Gasteiger charge is -2.06. The highest BCUT2D eigenvalue weighted by molar-refractivity contribution is 7.20. The predicted octanol–water partition coefficient (Wildman–Crippen LogP) is 5.02. The van der Waals surface area contributed by atoms with Gasteiger partial charge < -0.3 is 4.74 Å². The summed E-state index contributed by atoms with van der Waals surface area (Å²) in [5.41, 5.74) is 3.51. The van der Waals surface area contributed by atoms with Gasteiger partial charge in [0, 0.05) is 18.3 Å². The van der Waals surface area contributed by atoms with Crippen LogP contribution in [0.25, 0.3) is 21.5 Å². The second-order valence-electron chi connectivity index (χ2n) is 7.29. The first-order valence-electron chi connectivity index (χ1n) is 10.3. The molecule has 0 aliphatic rings. The fourth-order valence-corrected chi connectivity index (χ4v) is 4.47. The molecule has 0 aliphatic heterocycles. The van der Waals surface area contributed by atoms with Crippen LogP contribution in [0.1, 0.15) is 41.1 Å². The first-order valence-corrected chi connectivity index (χ1v) is 11.1. The van der Waals surface area contributed by atoms with E-state index < -0.39 is 5.97 Å². The molecule has 6 nitrogen and oxygen atoms in total. The average molecular weight is 434 g/mol. The van der Waals surface area contributed by atoms with Crippen molar-refractivity contribution in [2.45, 2.75) is 40.2 Å². The monoisotopic (exact) mass is 433 g/mol. The van der Waals surface area contributed by atoms with Crippen molar-refractivity contribution < 1.29 is 9.53 Å². The first-order chi connectivity index (χ1) is 15.0. The smallest absolute Gasteiger partial charge is 0.354 e. The topological polar surface area (TPSA) is 74.1 Å². The van der Waals surface area contributed by atoms with Crippen LogP contribution < -0.4 is 10.3 Å². The van der Waals surface area contributed by atoms with Crippen molar-refractivity contribution in [2.24, 2.45) is 0 Å². The highest BCUT2D eigenvalue weighted by Gasteiger charge is 2.21. The number of esters is 1. The first kappa shape index (κ1) is 20.9. The number of carbonyl (C=O) groups is 1. The van der Waals surface area contributed by atoms with Crippen molar-refractivity contribution >= 4 is 27.5 Å². The Morgan fingerprint density at radius 3 is 2.52 bits per heavy atom. The van der Waals surface area contributed by atoms with E-state index >= 15 is 0 Å². The van der Waals surface area contributed by atoms with Crippen molar-refractivity contribution in [1.82, 2.24) is 14.5 Å². The SMILES string of the molecule is CCCc1ccc(-c2ccc(OC(=O)c3sc4ncn(CC)c(=O)c4c3C)cc2)nc1. The lowest BCUT2D eigenvalue weighted by molar-refractivity contribution is 0.0739. The summed E-state index contributed by atoms with van der Waals surface area (Å²) < 4.78 is 7.09. The molecular weight excluding hydrogens is 410 g/mol. The quantitative estimate of drug-likeness (QED) is 0.315. The van der Waals surface area contributed by atoms with E-state index in [-0.39, 0.29) is 5.56 Å². The molecule has 1 aromatic carbocycles. The number of ether oxygens (including phenoxy) is 1. The van der Waals surface area contributed by atoms with Crippen LogP contribution in [-0.2, 0) is 13.0 Å². The van der Waals surface area contributed by atoms with Gasteiger partial charge in [0.2, 0.25) is 0 Å². The maximum Gasteiger partial charge on any atom is 0.354 e. The van der Waals surface area contributed by atoms with Crippen molar-refractivity contribution in [2.75, 3.05) is 0 Å². The van der Waals surface area contributed by atoms with Gasteiger partial charge in [0.15, 0.2) is 0 Å². The van der Waals surface area contributed by atoms with Crippen molar-refractivity contribution in [3.05, 3.63) is 75.3 Å². The van der Waals surface area contributed by atoms with Gasteiger partial charge in [0.05, 0.1) is 17.4 Å². The van der Waals surface area contributed by atoms with Crippen molar-refractivity contribution in [3.63, 3.8) is 0 Å². The fourth-order valence-electron chi connectivity index (χ4n) is 3.46. The molecule has 0 spiro atoms. The van der Waals surface area contributed by atoms with Crippen LogP contribution in [0.2, 0.25) is 0 Å². The van der Waals surface area contributed by atoms with Crippen LogP contribution in [0.15, 0.2) is 53.7 Å². The van der Waals surface area contributed by atoms with E-state index in [0.29, 0.717) is 33.0 Å². The number of hydrogen-bond donors (Lipinski definition) is 0. The number of fused-ring (bicyclic) bond motifs is 1. The van der Waals surface area contributed by atoms with Gasteiger partial charge in [-0.2, -0.15) is 0 Å². The molecule has 7 heteroatoms. The zero-order valence-corrected chi connectivity index (χ0v) is 18.5. The number of pyridine rings is 1. The summed E-state index contributed by atoms with van der Waals surface area (Å²) in [5.74, 6) is -0.0510. The van der Waals surface area contributed by atoms with Crippen molar-refractivity contribution in [1.29, 1.82) is 0 Å². The molecule has 4 rings (SSSR count). The lowest BCUT2D eigenvalue weighted by Crippen LogP contribution is -2.19. The van der Waals surface area contributed by atoms with E-state index in [4.69, 9.17) is 4.74 Å². The number of nitrogens with zero attached hydrogens (tertiary/aromatic N) is 3. The van der Waals surface area contributed by atoms with Gasteiger partial charge in [-0.1, -0.05) is 19.4 Å². The molecule has 0 amide bonds. The highest BCUT2D eigenvalue weighted by Crippen LogP contribution is 2.28. The van der Waals surface area contributed by atoms with Crippen LogP contribution in [0.3, 0.4) is 0 Å². The second-order valence-corrected chi connectivity index (χ2v) is 8.29. The number of aryl methyl sites for hydroxylation is 3. The van der Waals surface area contributed by atoms with Crippen LogP contribution >= 0.6 is 11.3 Å². The Morgan fingerprint density at radius 1 is 1.10 bits per heavy atom. The Morgan fingerprint density at radius 2 is 1.87 bits per heavy atom. The average Bonchev–Trinajstić information content (AvgIpc) is 3.13. The molecule has 0 saturated heterocycles. The standard InChI is InChI=1S/C24H23N3O3S/c1-4-6-16-7-12-19(25-13-16)17-8-10-18(11-9-17)30-24(29)21-15(3)20-22(31-21)26-14-27(5-2)23(20)28/h7-14H,4-6H2,1-3H3. The summed E-state index contributed by atoms with van der Waals surface area (Å²) in [4.78, 5) is 35.1. The van der Waals surface area contributed by atoms with E-state index in [1.54, 1.807) is 19.1 Å². The fraction of sp³-hybridized carbons (Fsp3) is 0.250. The molecule has 3 heterocycles. The number of aromatic nitrogens is 3. The normalized spacial score (nSPS) is 11.1. The Labute approximate surface area is 184 Å². The van der Waals surface area contributed by atoms with Gasteiger partial charge in [0.1, 0.15) is 15.5 Å². The molecule has 0 aliphatic carbocycles. The molecule has 0 fully saturated rings. The molecule has 31 heavy (non-hydrogen) atoms. The minimum Gasteiger partial charge on any atom is -0.422 e. The summed E-state index contributed by atoms with van der Waals surface area (Å²) in [5, 5.41) is 0.481. The molecular formula is C24H23N3O3S. The number of rotatable bonds is 6. The summed E-state index contributed by atoms with van der Waals surface area (Å²) in [6, 6.07) is 11.3.